The van der Waals surface area contributed by atoms with Crippen LogP contribution in [0.15, 0.2) is 36.4 Å². The van der Waals surface area contributed by atoms with Gasteiger partial charge in [0.1, 0.15) is 0 Å². The summed E-state index contributed by atoms with van der Waals surface area (Å²) in [7, 11) is 0. The number of hydrogen-bond acceptors (Lipinski definition) is 0. The molecule has 0 N–H and O–H groups in total. The molecular formula is C33H38. The maximum absolute atomic E-state index is 2.72. The van der Waals surface area contributed by atoms with Crippen LogP contribution in [0.2, 0.25) is 0 Å². The third-order valence-electron chi connectivity index (χ3n) is 12.2. The van der Waals surface area contributed by atoms with Crippen molar-refractivity contribution < 1.29 is 0 Å². The fourth-order valence-corrected chi connectivity index (χ4v) is 12.1. The Hall–Kier alpha value is -1.56. The third-order valence-corrected chi connectivity index (χ3v) is 12.2. The van der Waals surface area contributed by atoms with E-state index in [1.54, 1.807) is 60.8 Å². The molecule has 9 aliphatic rings. The van der Waals surface area contributed by atoms with E-state index in [1.165, 1.54) is 44.9 Å². The lowest BCUT2D eigenvalue weighted by atomic mass is 9.43. The highest BCUT2D eigenvalue weighted by atomic mass is 14.6. The fourth-order valence-electron chi connectivity index (χ4n) is 12.1. The van der Waals surface area contributed by atoms with E-state index in [4.69, 9.17) is 0 Å². The van der Waals surface area contributed by atoms with E-state index < -0.39 is 0 Å². The van der Waals surface area contributed by atoms with Gasteiger partial charge in [0.05, 0.1) is 0 Å². The normalized spacial score (nSPS) is 45.5. The van der Waals surface area contributed by atoms with Crippen LogP contribution in [-0.2, 0) is 17.3 Å². The van der Waals surface area contributed by atoms with Crippen molar-refractivity contribution in [1.82, 2.24) is 0 Å². The van der Waals surface area contributed by atoms with Gasteiger partial charge < -0.3 is 0 Å². The second kappa shape index (κ2) is 6.16. The summed E-state index contributed by atoms with van der Waals surface area (Å²) in [5.41, 5.74) is 11.5. The van der Waals surface area contributed by atoms with Gasteiger partial charge in [0.15, 0.2) is 0 Å². The van der Waals surface area contributed by atoms with Crippen LogP contribution in [0.25, 0.3) is 11.1 Å². The second-order valence-corrected chi connectivity index (χ2v) is 14.2. The Kier molecular flexibility index (Phi) is 3.50. The molecule has 0 saturated heterocycles. The molecule has 9 aliphatic carbocycles. The summed E-state index contributed by atoms with van der Waals surface area (Å²) in [5.74, 6) is 6.18. The van der Waals surface area contributed by atoms with E-state index in [9.17, 15) is 0 Å². The van der Waals surface area contributed by atoms with E-state index in [2.05, 4.69) is 36.4 Å². The molecule has 0 unspecified atom stereocenters. The molecule has 0 aromatic heterocycles. The molecule has 0 spiro atoms. The first-order valence-electron chi connectivity index (χ1n) is 14.4. The van der Waals surface area contributed by atoms with E-state index >= 15 is 0 Å². The minimum Gasteiger partial charge on any atom is -0.0619 e. The lowest BCUT2D eigenvalue weighted by molar-refractivity contribution is -0.0177. The van der Waals surface area contributed by atoms with Gasteiger partial charge in [-0.3, -0.25) is 0 Å². The molecule has 0 aliphatic heterocycles. The Morgan fingerprint density at radius 3 is 1.61 bits per heavy atom. The van der Waals surface area contributed by atoms with Crippen molar-refractivity contribution in [2.24, 2.45) is 35.5 Å². The Morgan fingerprint density at radius 2 is 1.03 bits per heavy atom. The van der Waals surface area contributed by atoms with Crippen LogP contribution in [0.4, 0.5) is 0 Å². The van der Waals surface area contributed by atoms with Crippen LogP contribution < -0.4 is 0 Å². The minimum atomic E-state index is 0.515. The largest absolute Gasteiger partial charge is 0.0619 e. The second-order valence-electron chi connectivity index (χ2n) is 14.2. The van der Waals surface area contributed by atoms with Gasteiger partial charge >= 0.3 is 0 Å². The van der Waals surface area contributed by atoms with Gasteiger partial charge in [-0.2, -0.15) is 0 Å². The molecule has 8 saturated carbocycles. The van der Waals surface area contributed by atoms with Crippen LogP contribution in [0.5, 0.6) is 0 Å². The van der Waals surface area contributed by atoms with Gasteiger partial charge in [0.25, 0.3) is 0 Å². The smallest absolute Gasteiger partial charge is 0.00104 e. The van der Waals surface area contributed by atoms with Crippen molar-refractivity contribution in [3.63, 3.8) is 0 Å². The van der Waals surface area contributed by atoms with Crippen LogP contribution in [0.3, 0.4) is 0 Å². The summed E-state index contributed by atoms with van der Waals surface area (Å²) < 4.78 is 0. The number of hydrogen-bond donors (Lipinski definition) is 0. The molecule has 0 heteroatoms. The Morgan fingerprint density at radius 1 is 0.515 bits per heavy atom. The lowest BCUT2D eigenvalue weighted by Crippen LogP contribution is -2.52. The molecular weight excluding hydrogens is 396 g/mol. The van der Waals surface area contributed by atoms with Crippen LogP contribution in [-0.4, -0.2) is 0 Å². The predicted octanol–water partition coefficient (Wildman–Crippen LogP) is 8.19. The topological polar surface area (TPSA) is 0 Å². The third kappa shape index (κ3) is 2.44. The van der Waals surface area contributed by atoms with E-state index in [-0.39, 0.29) is 0 Å². The number of benzene rings is 2. The average molecular weight is 435 g/mol. The molecule has 0 atom stereocenters. The van der Waals surface area contributed by atoms with Crippen molar-refractivity contribution >= 4 is 0 Å². The SMILES string of the molecule is c1ccc2c(c1)Cc1c-2ccc(C23CC4CC(CC(C4)C2)C3)c1C12CC3CC(CC(C3)C1)C2. The maximum atomic E-state index is 2.72. The van der Waals surface area contributed by atoms with Crippen molar-refractivity contribution in [2.45, 2.75) is 94.3 Å². The summed E-state index contributed by atoms with van der Waals surface area (Å²) in [6, 6.07) is 14.7. The van der Waals surface area contributed by atoms with E-state index in [0.717, 1.165) is 35.5 Å². The number of rotatable bonds is 2. The first-order chi connectivity index (χ1) is 16.2. The summed E-state index contributed by atoms with van der Waals surface area (Å²) in [6.45, 7) is 0. The molecule has 0 radical (unpaired) electrons. The summed E-state index contributed by atoms with van der Waals surface area (Å²) in [6.07, 6.45) is 19.7. The predicted molar refractivity (Wildman–Crippen MR) is 134 cm³/mol. The highest BCUT2D eigenvalue weighted by Crippen LogP contribution is 2.67. The molecule has 2 aromatic carbocycles. The summed E-state index contributed by atoms with van der Waals surface area (Å²) in [5, 5.41) is 0. The number of fused-ring (bicyclic) bond motifs is 3. The molecule has 8 fully saturated rings. The molecule has 33 heavy (non-hydrogen) atoms. The zero-order chi connectivity index (χ0) is 21.4. The van der Waals surface area contributed by atoms with Crippen LogP contribution >= 0.6 is 0 Å². The van der Waals surface area contributed by atoms with Crippen molar-refractivity contribution in [2.75, 3.05) is 0 Å². The first-order valence-corrected chi connectivity index (χ1v) is 14.4. The van der Waals surface area contributed by atoms with Crippen LogP contribution in [0, 0.1) is 35.5 Å². The minimum absolute atomic E-state index is 0.515. The van der Waals surface area contributed by atoms with Gasteiger partial charge in [-0.25, -0.2) is 0 Å². The lowest BCUT2D eigenvalue weighted by Gasteiger charge is -2.61. The quantitative estimate of drug-likeness (QED) is 0.381. The van der Waals surface area contributed by atoms with E-state index in [1.807, 2.05) is 11.1 Å². The molecule has 8 bridgehead atoms. The highest BCUT2D eigenvalue weighted by Gasteiger charge is 2.57. The van der Waals surface area contributed by atoms with Gasteiger partial charge in [-0.05, 0) is 163 Å². The highest BCUT2D eigenvalue weighted by molar-refractivity contribution is 5.79. The molecule has 170 valence electrons. The van der Waals surface area contributed by atoms with Crippen molar-refractivity contribution in [1.29, 1.82) is 0 Å². The Labute approximate surface area is 199 Å². The molecule has 11 rings (SSSR count). The summed E-state index contributed by atoms with van der Waals surface area (Å²) in [4.78, 5) is 0. The first kappa shape index (κ1) is 18.7. The van der Waals surface area contributed by atoms with Gasteiger partial charge in [0.2, 0.25) is 0 Å². The van der Waals surface area contributed by atoms with Gasteiger partial charge in [0, 0.05) is 0 Å². The molecule has 0 amide bonds. The van der Waals surface area contributed by atoms with Gasteiger partial charge in [-0.15, -0.1) is 0 Å². The van der Waals surface area contributed by atoms with E-state index in [0.29, 0.717) is 10.8 Å². The maximum Gasteiger partial charge on any atom is -0.00104 e. The molecule has 0 heterocycles. The Bertz CT molecular complexity index is 1090. The van der Waals surface area contributed by atoms with Crippen molar-refractivity contribution in [3.05, 3.63) is 58.7 Å². The van der Waals surface area contributed by atoms with Crippen molar-refractivity contribution in [3.8, 4) is 11.1 Å². The fraction of sp³-hybridized carbons (Fsp3) is 0.636. The molecule has 2 aromatic rings. The zero-order valence-electron chi connectivity index (χ0n) is 20.1. The monoisotopic (exact) mass is 434 g/mol. The van der Waals surface area contributed by atoms with Crippen LogP contribution in [0.1, 0.15) is 99.3 Å². The Balaban J connectivity index is 1.29. The standard InChI is InChI=1S/C33H38/c1-2-4-27-26(3-1)13-29-28(27)5-6-30(32-14-20-7-21(15-32)9-22(8-20)16-32)31(29)33-17-23-10-24(18-33)12-25(11-23)19-33/h1-6,20-25H,7-19H2. The molecule has 0 nitrogen and oxygen atoms in total. The zero-order valence-corrected chi connectivity index (χ0v) is 20.1. The summed E-state index contributed by atoms with van der Waals surface area (Å²) >= 11 is 0. The van der Waals surface area contributed by atoms with Gasteiger partial charge in [-0.1, -0.05) is 36.4 Å². The average Bonchev–Trinajstić information content (AvgIpc) is 3.15.